The van der Waals surface area contributed by atoms with Crippen molar-refractivity contribution in [1.29, 1.82) is 0 Å². The Balaban J connectivity index is 2.08. The van der Waals surface area contributed by atoms with E-state index in [1.54, 1.807) is 0 Å². The van der Waals surface area contributed by atoms with Crippen LogP contribution in [0.2, 0.25) is 0 Å². The van der Waals surface area contributed by atoms with Crippen LogP contribution in [-0.2, 0) is 4.74 Å². The summed E-state index contributed by atoms with van der Waals surface area (Å²) in [7, 11) is 0. The standard InChI is InChI=1S/C9H18O2/c1-2-4-9(7-10)11-8-5-3-6-8/h8-10H,2-7H2,1H3. The summed E-state index contributed by atoms with van der Waals surface area (Å²) in [4.78, 5) is 0. The van der Waals surface area contributed by atoms with Gasteiger partial charge in [0.05, 0.1) is 18.8 Å². The lowest BCUT2D eigenvalue weighted by atomic mass is 9.96. The van der Waals surface area contributed by atoms with Crippen LogP contribution in [0.4, 0.5) is 0 Å². The van der Waals surface area contributed by atoms with E-state index >= 15 is 0 Å². The molecule has 1 saturated carbocycles. The van der Waals surface area contributed by atoms with Crippen molar-refractivity contribution < 1.29 is 9.84 Å². The quantitative estimate of drug-likeness (QED) is 0.660. The average Bonchev–Trinajstić information content (AvgIpc) is 1.94. The zero-order valence-electron chi connectivity index (χ0n) is 7.25. The van der Waals surface area contributed by atoms with Crippen molar-refractivity contribution in [3.05, 3.63) is 0 Å². The summed E-state index contributed by atoms with van der Waals surface area (Å²) in [5, 5.41) is 8.90. The fraction of sp³-hybridized carbons (Fsp3) is 1.00. The highest BCUT2D eigenvalue weighted by molar-refractivity contribution is 4.71. The van der Waals surface area contributed by atoms with Crippen LogP contribution >= 0.6 is 0 Å². The lowest BCUT2D eigenvalue weighted by Gasteiger charge is -2.29. The monoisotopic (exact) mass is 158 g/mol. The van der Waals surface area contributed by atoms with E-state index in [0.717, 1.165) is 12.8 Å². The molecule has 1 N–H and O–H groups in total. The summed E-state index contributed by atoms with van der Waals surface area (Å²) in [5.41, 5.74) is 0. The van der Waals surface area contributed by atoms with E-state index in [2.05, 4.69) is 6.92 Å². The number of hydrogen-bond donors (Lipinski definition) is 1. The van der Waals surface area contributed by atoms with E-state index in [4.69, 9.17) is 9.84 Å². The zero-order valence-corrected chi connectivity index (χ0v) is 7.25. The molecule has 0 saturated heterocycles. The van der Waals surface area contributed by atoms with E-state index in [1.165, 1.54) is 19.3 Å². The Hall–Kier alpha value is -0.0800. The molecule has 1 aliphatic carbocycles. The van der Waals surface area contributed by atoms with Crippen LogP contribution < -0.4 is 0 Å². The minimum atomic E-state index is 0.102. The highest BCUT2D eigenvalue weighted by atomic mass is 16.5. The van der Waals surface area contributed by atoms with Crippen LogP contribution in [0.3, 0.4) is 0 Å². The second-order valence-electron chi connectivity index (χ2n) is 3.28. The molecular formula is C9H18O2. The zero-order chi connectivity index (χ0) is 8.10. The predicted molar refractivity (Wildman–Crippen MR) is 44.5 cm³/mol. The molecule has 2 nitrogen and oxygen atoms in total. The normalized spacial score (nSPS) is 21.3. The Morgan fingerprint density at radius 3 is 2.64 bits per heavy atom. The number of aliphatic hydroxyl groups is 1. The molecule has 0 aromatic rings. The van der Waals surface area contributed by atoms with Gasteiger partial charge in [0.15, 0.2) is 0 Å². The molecule has 0 spiro atoms. The second-order valence-corrected chi connectivity index (χ2v) is 3.28. The molecule has 1 unspecified atom stereocenters. The van der Waals surface area contributed by atoms with Crippen molar-refractivity contribution in [2.45, 2.75) is 51.2 Å². The molecule has 0 bridgehead atoms. The summed E-state index contributed by atoms with van der Waals surface area (Å²) in [6.45, 7) is 2.30. The Morgan fingerprint density at radius 2 is 2.27 bits per heavy atom. The van der Waals surface area contributed by atoms with Gasteiger partial charge in [-0.3, -0.25) is 0 Å². The van der Waals surface area contributed by atoms with Crippen molar-refractivity contribution in [2.75, 3.05) is 6.61 Å². The van der Waals surface area contributed by atoms with Gasteiger partial charge in [-0.1, -0.05) is 13.3 Å². The maximum Gasteiger partial charge on any atom is 0.0809 e. The molecule has 0 amide bonds. The number of ether oxygens (including phenoxy) is 1. The lowest BCUT2D eigenvalue weighted by Crippen LogP contribution is -2.29. The molecule has 0 heterocycles. The summed E-state index contributed by atoms with van der Waals surface area (Å²) in [6, 6.07) is 0. The lowest BCUT2D eigenvalue weighted by molar-refractivity contribution is -0.0742. The van der Waals surface area contributed by atoms with Crippen molar-refractivity contribution in [3.8, 4) is 0 Å². The summed E-state index contributed by atoms with van der Waals surface area (Å²) >= 11 is 0. The Kier molecular flexibility index (Phi) is 3.87. The number of rotatable bonds is 5. The van der Waals surface area contributed by atoms with Crippen LogP contribution in [0.1, 0.15) is 39.0 Å². The van der Waals surface area contributed by atoms with E-state index < -0.39 is 0 Å². The minimum absolute atomic E-state index is 0.102. The van der Waals surface area contributed by atoms with Gasteiger partial charge in [-0.25, -0.2) is 0 Å². The second kappa shape index (κ2) is 4.73. The first-order chi connectivity index (χ1) is 5.36. The predicted octanol–water partition coefficient (Wildman–Crippen LogP) is 1.72. The average molecular weight is 158 g/mol. The van der Waals surface area contributed by atoms with Gasteiger partial charge in [0.2, 0.25) is 0 Å². The third-order valence-electron chi connectivity index (χ3n) is 2.25. The summed E-state index contributed by atoms with van der Waals surface area (Å²) in [5.74, 6) is 0. The third kappa shape index (κ3) is 2.80. The van der Waals surface area contributed by atoms with Gasteiger partial charge in [0.25, 0.3) is 0 Å². The van der Waals surface area contributed by atoms with E-state index in [9.17, 15) is 0 Å². The van der Waals surface area contributed by atoms with Crippen LogP contribution in [0.25, 0.3) is 0 Å². The molecule has 0 radical (unpaired) electrons. The number of aliphatic hydroxyl groups excluding tert-OH is 1. The molecule has 1 atom stereocenters. The van der Waals surface area contributed by atoms with Gasteiger partial charge < -0.3 is 9.84 Å². The maximum atomic E-state index is 8.90. The molecular weight excluding hydrogens is 140 g/mol. The van der Waals surface area contributed by atoms with Gasteiger partial charge in [-0.15, -0.1) is 0 Å². The van der Waals surface area contributed by atoms with Crippen molar-refractivity contribution in [1.82, 2.24) is 0 Å². The Morgan fingerprint density at radius 1 is 1.55 bits per heavy atom. The van der Waals surface area contributed by atoms with Crippen LogP contribution in [0.15, 0.2) is 0 Å². The van der Waals surface area contributed by atoms with Crippen LogP contribution in [0, 0.1) is 0 Å². The molecule has 0 aliphatic heterocycles. The first-order valence-corrected chi connectivity index (χ1v) is 4.63. The largest absolute Gasteiger partial charge is 0.394 e. The van der Waals surface area contributed by atoms with Gasteiger partial charge in [0.1, 0.15) is 0 Å². The van der Waals surface area contributed by atoms with Crippen LogP contribution in [0.5, 0.6) is 0 Å². The molecule has 66 valence electrons. The summed E-state index contributed by atoms with van der Waals surface area (Å²) in [6.07, 6.45) is 6.34. The summed E-state index contributed by atoms with van der Waals surface area (Å²) < 4.78 is 5.63. The van der Waals surface area contributed by atoms with Gasteiger partial charge >= 0.3 is 0 Å². The molecule has 0 aromatic heterocycles. The molecule has 0 aromatic carbocycles. The third-order valence-corrected chi connectivity index (χ3v) is 2.25. The highest BCUT2D eigenvalue weighted by Crippen LogP contribution is 2.24. The number of hydrogen-bond acceptors (Lipinski definition) is 2. The van der Waals surface area contributed by atoms with Crippen LogP contribution in [-0.4, -0.2) is 23.9 Å². The molecule has 2 heteroatoms. The van der Waals surface area contributed by atoms with E-state index in [0.29, 0.717) is 6.10 Å². The van der Waals surface area contributed by atoms with E-state index in [-0.39, 0.29) is 12.7 Å². The fourth-order valence-corrected chi connectivity index (χ4v) is 1.30. The SMILES string of the molecule is CCCC(CO)OC1CCC1. The molecule has 1 rings (SSSR count). The smallest absolute Gasteiger partial charge is 0.0809 e. The first-order valence-electron chi connectivity index (χ1n) is 4.63. The molecule has 1 aliphatic rings. The Labute approximate surface area is 68.6 Å². The fourth-order valence-electron chi connectivity index (χ4n) is 1.30. The van der Waals surface area contributed by atoms with Gasteiger partial charge in [-0.05, 0) is 25.7 Å². The highest BCUT2D eigenvalue weighted by Gasteiger charge is 2.21. The van der Waals surface area contributed by atoms with Gasteiger partial charge in [0, 0.05) is 0 Å². The first kappa shape index (κ1) is 9.01. The topological polar surface area (TPSA) is 29.5 Å². The maximum absolute atomic E-state index is 8.90. The van der Waals surface area contributed by atoms with Crippen molar-refractivity contribution in [3.63, 3.8) is 0 Å². The van der Waals surface area contributed by atoms with E-state index in [1.807, 2.05) is 0 Å². The minimum Gasteiger partial charge on any atom is -0.394 e. The Bertz CT molecular complexity index is 99.7. The molecule has 11 heavy (non-hydrogen) atoms. The molecule has 1 fully saturated rings. The van der Waals surface area contributed by atoms with Gasteiger partial charge in [-0.2, -0.15) is 0 Å². The van der Waals surface area contributed by atoms with Crippen molar-refractivity contribution >= 4 is 0 Å². The van der Waals surface area contributed by atoms with Crippen molar-refractivity contribution in [2.24, 2.45) is 0 Å².